The van der Waals surface area contributed by atoms with Crippen LogP contribution in [0.1, 0.15) is 37.0 Å². The van der Waals surface area contributed by atoms with Crippen LogP contribution in [-0.4, -0.2) is 18.8 Å². The molecule has 2 aromatic rings. The van der Waals surface area contributed by atoms with Crippen LogP contribution in [0.2, 0.25) is 0 Å². The topological polar surface area (TPSA) is 21.8 Å². The van der Waals surface area contributed by atoms with E-state index in [9.17, 15) is 0 Å². The van der Waals surface area contributed by atoms with E-state index in [0.29, 0.717) is 6.61 Å². The summed E-state index contributed by atoms with van der Waals surface area (Å²) in [4.78, 5) is 0. The lowest BCUT2D eigenvalue weighted by Gasteiger charge is -2.10. The molecule has 0 bridgehead atoms. The van der Waals surface area contributed by atoms with Gasteiger partial charge in [-0.25, -0.2) is 0 Å². The van der Waals surface area contributed by atoms with Crippen molar-refractivity contribution in [3.05, 3.63) is 71.8 Å². The molecule has 0 amide bonds. The van der Waals surface area contributed by atoms with Gasteiger partial charge in [-0.05, 0) is 24.1 Å². The van der Waals surface area contributed by atoms with Crippen LogP contribution in [0.15, 0.2) is 60.7 Å². The Bertz CT molecular complexity index is 654. The lowest BCUT2D eigenvalue weighted by molar-refractivity contribution is 0.0723. The number of epoxide rings is 1. The first-order valence-corrected chi connectivity index (χ1v) is 8.25. The van der Waals surface area contributed by atoms with Gasteiger partial charge in [0.2, 0.25) is 0 Å². The van der Waals surface area contributed by atoms with Gasteiger partial charge in [-0.2, -0.15) is 0 Å². The second-order valence-electron chi connectivity index (χ2n) is 5.75. The van der Waals surface area contributed by atoms with Gasteiger partial charge in [0.1, 0.15) is 18.3 Å². The van der Waals surface area contributed by atoms with Crippen molar-refractivity contribution in [3.8, 4) is 11.8 Å². The molecule has 23 heavy (non-hydrogen) atoms. The van der Waals surface area contributed by atoms with Gasteiger partial charge in [-0.15, -0.1) is 0 Å². The fourth-order valence-electron chi connectivity index (χ4n) is 2.56. The second-order valence-corrected chi connectivity index (χ2v) is 5.75. The van der Waals surface area contributed by atoms with E-state index >= 15 is 0 Å². The average molecular weight is 306 g/mol. The van der Waals surface area contributed by atoms with Crippen molar-refractivity contribution in [2.45, 2.75) is 38.1 Å². The third kappa shape index (κ3) is 4.69. The van der Waals surface area contributed by atoms with Crippen LogP contribution >= 0.6 is 0 Å². The van der Waals surface area contributed by atoms with Crippen molar-refractivity contribution >= 4 is 0 Å². The van der Waals surface area contributed by atoms with E-state index in [0.717, 1.165) is 18.4 Å². The predicted octanol–water partition coefficient (Wildman–Crippen LogP) is 4.36. The Morgan fingerprint density at radius 3 is 2.43 bits per heavy atom. The van der Waals surface area contributed by atoms with Gasteiger partial charge in [0.15, 0.2) is 0 Å². The van der Waals surface area contributed by atoms with E-state index in [-0.39, 0.29) is 18.3 Å². The minimum Gasteiger partial charge on any atom is -0.363 e. The molecule has 0 aliphatic carbocycles. The highest BCUT2D eigenvalue weighted by atomic mass is 16.6. The maximum atomic E-state index is 5.98. The molecule has 2 aromatic carbocycles. The normalized spacial score (nSPS) is 20.4. The predicted molar refractivity (Wildman–Crippen MR) is 92.0 cm³/mol. The SMILES string of the molecule is CCCC(C#Cc1ccccc1)OC[C@@H]1O[C@H]1c1ccccc1. The zero-order chi connectivity index (χ0) is 15.9. The number of ether oxygens (including phenoxy) is 2. The summed E-state index contributed by atoms with van der Waals surface area (Å²) in [5.41, 5.74) is 2.26. The molecule has 0 N–H and O–H groups in total. The summed E-state index contributed by atoms with van der Waals surface area (Å²) >= 11 is 0. The number of hydrogen-bond donors (Lipinski definition) is 0. The molecule has 1 heterocycles. The van der Waals surface area contributed by atoms with E-state index < -0.39 is 0 Å². The molecule has 1 saturated heterocycles. The number of hydrogen-bond acceptors (Lipinski definition) is 2. The minimum atomic E-state index is -0.0270. The molecule has 0 aromatic heterocycles. The Balaban J connectivity index is 1.52. The van der Waals surface area contributed by atoms with Crippen LogP contribution in [0.5, 0.6) is 0 Å². The Morgan fingerprint density at radius 1 is 1.04 bits per heavy atom. The number of rotatable bonds is 6. The fraction of sp³-hybridized carbons (Fsp3) is 0.333. The second kappa shape index (κ2) is 7.97. The van der Waals surface area contributed by atoms with E-state index in [1.54, 1.807) is 0 Å². The van der Waals surface area contributed by atoms with Crippen molar-refractivity contribution in [3.63, 3.8) is 0 Å². The van der Waals surface area contributed by atoms with Crippen molar-refractivity contribution < 1.29 is 9.47 Å². The summed E-state index contributed by atoms with van der Waals surface area (Å²) in [6, 6.07) is 20.3. The van der Waals surface area contributed by atoms with Crippen molar-refractivity contribution in [1.29, 1.82) is 0 Å². The molecule has 118 valence electrons. The van der Waals surface area contributed by atoms with Gasteiger partial charge >= 0.3 is 0 Å². The first-order valence-electron chi connectivity index (χ1n) is 8.25. The smallest absolute Gasteiger partial charge is 0.118 e. The first kappa shape index (κ1) is 15.8. The maximum Gasteiger partial charge on any atom is 0.118 e. The van der Waals surface area contributed by atoms with Crippen molar-refractivity contribution in [2.75, 3.05) is 6.61 Å². The van der Waals surface area contributed by atoms with E-state index in [1.807, 2.05) is 48.5 Å². The molecular weight excluding hydrogens is 284 g/mol. The lowest BCUT2D eigenvalue weighted by Crippen LogP contribution is -2.14. The fourth-order valence-corrected chi connectivity index (χ4v) is 2.56. The molecule has 3 atom stereocenters. The molecule has 1 aliphatic rings. The first-order chi connectivity index (χ1) is 11.4. The summed E-state index contributed by atoms with van der Waals surface area (Å²) in [6.45, 7) is 2.76. The molecule has 2 heteroatoms. The molecule has 0 radical (unpaired) electrons. The maximum absolute atomic E-state index is 5.98. The quantitative estimate of drug-likeness (QED) is 0.584. The van der Waals surface area contributed by atoms with Crippen molar-refractivity contribution in [2.24, 2.45) is 0 Å². The Kier molecular flexibility index (Phi) is 5.47. The van der Waals surface area contributed by atoms with Crippen LogP contribution in [0.3, 0.4) is 0 Å². The minimum absolute atomic E-state index is 0.0270. The van der Waals surface area contributed by atoms with Crippen molar-refractivity contribution in [1.82, 2.24) is 0 Å². The molecule has 2 nitrogen and oxygen atoms in total. The molecule has 1 unspecified atom stereocenters. The average Bonchev–Trinajstić information content (AvgIpc) is 3.39. The highest BCUT2D eigenvalue weighted by molar-refractivity contribution is 5.34. The molecule has 1 aliphatic heterocycles. The Labute approximate surface area is 138 Å². The van der Waals surface area contributed by atoms with Gasteiger partial charge in [-0.1, -0.05) is 73.7 Å². The monoisotopic (exact) mass is 306 g/mol. The number of benzene rings is 2. The van der Waals surface area contributed by atoms with E-state index in [2.05, 4.69) is 30.9 Å². The standard InChI is InChI=1S/C21H22O2/c1-2-9-19(15-14-17-10-5-3-6-11-17)22-16-20-21(23-20)18-12-7-4-8-13-18/h3-8,10-13,19-21H,2,9,16H2,1H3/t19?,20-,21-/m0/s1. The summed E-state index contributed by atoms with van der Waals surface area (Å²) in [7, 11) is 0. The highest BCUT2D eigenvalue weighted by Gasteiger charge is 2.40. The van der Waals surface area contributed by atoms with E-state index in [1.165, 1.54) is 5.56 Å². The summed E-state index contributed by atoms with van der Waals surface area (Å²) in [6.07, 6.45) is 2.32. The van der Waals surface area contributed by atoms with Gasteiger partial charge in [0.25, 0.3) is 0 Å². The van der Waals surface area contributed by atoms with Gasteiger partial charge < -0.3 is 9.47 Å². The Hall–Kier alpha value is -2.08. The Morgan fingerprint density at radius 2 is 1.74 bits per heavy atom. The third-order valence-corrected chi connectivity index (χ3v) is 3.87. The zero-order valence-electron chi connectivity index (χ0n) is 13.4. The summed E-state index contributed by atoms with van der Waals surface area (Å²) in [5, 5.41) is 0. The van der Waals surface area contributed by atoms with Crippen LogP contribution in [-0.2, 0) is 9.47 Å². The molecule has 0 saturated carbocycles. The molecular formula is C21H22O2. The van der Waals surface area contributed by atoms with Crippen LogP contribution in [0.4, 0.5) is 0 Å². The van der Waals surface area contributed by atoms with Crippen LogP contribution in [0, 0.1) is 11.8 Å². The molecule has 3 rings (SSSR count). The highest BCUT2D eigenvalue weighted by Crippen LogP contribution is 2.38. The van der Waals surface area contributed by atoms with Crippen LogP contribution in [0.25, 0.3) is 0 Å². The largest absolute Gasteiger partial charge is 0.363 e. The van der Waals surface area contributed by atoms with Gasteiger partial charge in [0, 0.05) is 5.56 Å². The summed E-state index contributed by atoms with van der Waals surface area (Å²) < 4.78 is 11.7. The van der Waals surface area contributed by atoms with Crippen LogP contribution < -0.4 is 0 Å². The van der Waals surface area contributed by atoms with E-state index in [4.69, 9.17) is 9.47 Å². The molecule has 1 fully saturated rings. The lowest BCUT2D eigenvalue weighted by atomic mass is 10.1. The molecule has 0 spiro atoms. The zero-order valence-corrected chi connectivity index (χ0v) is 13.4. The van der Waals surface area contributed by atoms with Gasteiger partial charge in [0.05, 0.1) is 6.61 Å². The third-order valence-electron chi connectivity index (χ3n) is 3.87. The summed E-state index contributed by atoms with van der Waals surface area (Å²) in [5.74, 6) is 6.45. The van der Waals surface area contributed by atoms with Gasteiger partial charge in [-0.3, -0.25) is 0 Å².